The van der Waals surface area contributed by atoms with Crippen LogP contribution in [0.15, 0.2) is 24.5 Å². The second kappa shape index (κ2) is 6.62. The van der Waals surface area contributed by atoms with Crippen LogP contribution in [0.1, 0.15) is 29.6 Å². The van der Waals surface area contributed by atoms with Gasteiger partial charge in [0.15, 0.2) is 6.29 Å². The molecule has 0 saturated carbocycles. The Morgan fingerprint density at radius 2 is 2.33 bits per heavy atom. The molecule has 0 spiro atoms. The minimum absolute atomic E-state index is 0.301. The van der Waals surface area contributed by atoms with Crippen LogP contribution in [0.5, 0.6) is 0 Å². The Morgan fingerprint density at radius 1 is 1.43 bits per heavy atom. The van der Waals surface area contributed by atoms with E-state index in [0.717, 1.165) is 29.7 Å². The molecule has 3 rings (SSSR count). The first kappa shape index (κ1) is 14.6. The van der Waals surface area contributed by atoms with Gasteiger partial charge in [-0.25, -0.2) is 10.3 Å². The highest BCUT2D eigenvalue weighted by Gasteiger charge is 2.19. The fraction of sp³-hybridized carbons (Fsp3) is 0.357. The number of aromatic amines is 1. The first-order chi connectivity index (χ1) is 10.2. The number of hydrogen-bond acceptors (Lipinski definition) is 4. The maximum absolute atomic E-state index is 12.2. The van der Waals surface area contributed by atoms with Crippen molar-refractivity contribution in [3.8, 4) is 10.4 Å². The number of carbonyl (C=O) groups excluding carboxylic acids is 1. The van der Waals surface area contributed by atoms with E-state index < -0.39 is 0 Å². The average Bonchev–Trinajstić information content (AvgIpc) is 3.14. The zero-order chi connectivity index (χ0) is 14.7. The van der Waals surface area contributed by atoms with Crippen molar-refractivity contribution >= 4 is 28.8 Å². The molecular formula is C14H15ClN2O3S. The molecule has 21 heavy (non-hydrogen) atoms. The number of rotatable bonds is 4. The molecular weight excluding hydrogens is 312 g/mol. The Morgan fingerprint density at radius 3 is 3.05 bits per heavy atom. The van der Waals surface area contributed by atoms with Crippen LogP contribution in [0.25, 0.3) is 10.4 Å². The summed E-state index contributed by atoms with van der Waals surface area (Å²) in [6.45, 7) is 0.670. The summed E-state index contributed by atoms with van der Waals surface area (Å²) in [6.07, 6.45) is 5.93. The van der Waals surface area contributed by atoms with E-state index in [0.29, 0.717) is 16.5 Å². The second-order valence-electron chi connectivity index (χ2n) is 4.73. The molecule has 1 amide bonds. The van der Waals surface area contributed by atoms with Crippen LogP contribution >= 0.6 is 22.9 Å². The van der Waals surface area contributed by atoms with Crippen LogP contribution in [0.2, 0.25) is 4.34 Å². The molecule has 1 saturated heterocycles. The number of H-pyrrole nitrogens is 1. The fourth-order valence-corrected chi connectivity index (χ4v) is 3.27. The first-order valence-electron chi connectivity index (χ1n) is 6.74. The lowest BCUT2D eigenvalue weighted by atomic mass is 10.1. The van der Waals surface area contributed by atoms with Crippen molar-refractivity contribution in [2.75, 3.05) is 6.61 Å². The minimum Gasteiger partial charge on any atom is -0.366 e. The Labute approximate surface area is 131 Å². The van der Waals surface area contributed by atoms with E-state index in [-0.39, 0.29) is 12.2 Å². The maximum Gasteiger partial charge on any atom is 0.277 e. The van der Waals surface area contributed by atoms with E-state index in [4.69, 9.17) is 21.2 Å². The molecule has 1 atom stereocenters. The van der Waals surface area contributed by atoms with Crippen molar-refractivity contribution in [1.29, 1.82) is 0 Å². The molecule has 5 nitrogen and oxygen atoms in total. The van der Waals surface area contributed by atoms with Gasteiger partial charge >= 0.3 is 0 Å². The lowest BCUT2D eigenvalue weighted by molar-refractivity contribution is -0.186. The number of amides is 1. The summed E-state index contributed by atoms with van der Waals surface area (Å²) in [5.41, 5.74) is 3.78. The van der Waals surface area contributed by atoms with E-state index in [2.05, 4.69) is 10.5 Å². The molecule has 0 aliphatic carbocycles. The van der Waals surface area contributed by atoms with Crippen molar-refractivity contribution in [3.63, 3.8) is 0 Å². The average molecular weight is 327 g/mol. The van der Waals surface area contributed by atoms with Crippen LogP contribution in [0.4, 0.5) is 0 Å². The molecule has 2 aromatic heterocycles. The number of hydroxylamine groups is 1. The fourth-order valence-electron chi connectivity index (χ4n) is 2.19. The van der Waals surface area contributed by atoms with E-state index >= 15 is 0 Å². The molecule has 2 N–H and O–H groups in total. The van der Waals surface area contributed by atoms with Crippen molar-refractivity contribution in [2.24, 2.45) is 0 Å². The Bertz CT molecular complexity index is 619. The van der Waals surface area contributed by atoms with Crippen molar-refractivity contribution in [3.05, 3.63) is 34.4 Å². The van der Waals surface area contributed by atoms with Crippen molar-refractivity contribution in [2.45, 2.75) is 25.6 Å². The van der Waals surface area contributed by atoms with Crippen LogP contribution in [0, 0.1) is 0 Å². The lowest BCUT2D eigenvalue weighted by Crippen LogP contribution is -2.33. The maximum atomic E-state index is 12.2. The highest BCUT2D eigenvalue weighted by atomic mass is 35.5. The van der Waals surface area contributed by atoms with E-state index in [1.165, 1.54) is 11.3 Å². The van der Waals surface area contributed by atoms with Crippen molar-refractivity contribution < 1.29 is 14.4 Å². The summed E-state index contributed by atoms with van der Waals surface area (Å²) < 4.78 is 6.09. The molecule has 2 aromatic rings. The van der Waals surface area contributed by atoms with Crippen LogP contribution in [-0.4, -0.2) is 23.8 Å². The van der Waals surface area contributed by atoms with Gasteiger partial charge in [-0.05, 0) is 25.0 Å². The van der Waals surface area contributed by atoms with Gasteiger partial charge in [-0.1, -0.05) is 11.6 Å². The SMILES string of the molecule is O=C(NO[C@H]1CCCCO1)c1c[nH]cc1-c1ccc(Cl)s1. The predicted molar refractivity (Wildman–Crippen MR) is 81.3 cm³/mol. The van der Waals surface area contributed by atoms with Crippen LogP contribution < -0.4 is 5.48 Å². The normalized spacial score (nSPS) is 18.6. The van der Waals surface area contributed by atoms with Gasteiger partial charge in [0.05, 0.1) is 9.90 Å². The summed E-state index contributed by atoms with van der Waals surface area (Å²) >= 11 is 7.36. The summed E-state index contributed by atoms with van der Waals surface area (Å²) in [5, 5.41) is 0. The molecule has 0 radical (unpaired) electrons. The van der Waals surface area contributed by atoms with Crippen LogP contribution in [-0.2, 0) is 9.57 Å². The number of aromatic nitrogens is 1. The highest BCUT2D eigenvalue weighted by molar-refractivity contribution is 7.19. The number of halogens is 1. The summed E-state index contributed by atoms with van der Waals surface area (Å²) in [4.78, 5) is 21.4. The Balaban J connectivity index is 1.66. The third kappa shape index (κ3) is 3.47. The summed E-state index contributed by atoms with van der Waals surface area (Å²) in [6, 6.07) is 3.70. The lowest BCUT2D eigenvalue weighted by Gasteiger charge is -2.22. The third-order valence-electron chi connectivity index (χ3n) is 3.25. The zero-order valence-corrected chi connectivity index (χ0v) is 12.8. The van der Waals surface area contributed by atoms with Crippen LogP contribution in [0.3, 0.4) is 0 Å². The quantitative estimate of drug-likeness (QED) is 0.844. The van der Waals surface area contributed by atoms with Gasteiger partial charge in [-0.2, -0.15) is 0 Å². The topological polar surface area (TPSA) is 63.4 Å². The largest absolute Gasteiger partial charge is 0.366 e. The Kier molecular flexibility index (Phi) is 4.60. The first-order valence-corrected chi connectivity index (χ1v) is 7.93. The number of hydrogen-bond donors (Lipinski definition) is 2. The van der Waals surface area contributed by atoms with Gasteiger partial charge in [0.1, 0.15) is 0 Å². The monoisotopic (exact) mass is 326 g/mol. The van der Waals surface area contributed by atoms with Gasteiger partial charge in [-0.3, -0.25) is 4.79 Å². The van der Waals surface area contributed by atoms with Gasteiger partial charge < -0.3 is 9.72 Å². The summed E-state index contributed by atoms with van der Waals surface area (Å²) in [5.74, 6) is -0.301. The van der Waals surface area contributed by atoms with Gasteiger partial charge in [-0.15, -0.1) is 11.3 Å². The van der Waals surface area contributed by atoms with E-state index in [1.54, 1.807) is 12.4 Å². The predicted octanol–water partition coefficient (Wildman–Crippen LogP) is 3.58. The third-order valence-corrected chi connectivity index (χ3v) is 4.51. The smallest absolute Gasteiger partial charge is 0.277 e. The standard InChI is InChI=1S/C14H15ClN2O3S/c15-12-5-4-11(21-12)9-7-16-8-10(9)14(18)17-20-13-3-1-2-6-19-13/h4-5,7-8,13,16H,1-3,6H2,(H,17,18)/t13-/m0/s1. The van der Waals surface area contributed by atoms with Gasteiger partial charge in [0.2, 0.25) is 0 Å². The molecule has 1 aliphatic heterocycles. The van der Waals surface area contributed by atoms with Crippen molar-refractivity contribution in [1.82, 2.24) is 10.5 Å². The van der Waals surface area contributed by atoms with Gasteiger partial charge in [0, 0.05) is 35.9 Å². The molecule has 0 bridgehead atoms. The second-order valence-corrected chi connectivity index (χ2v) is 6.45. The number of carbonyl (C=O) groups is 1. The number of nitrogens with one attached hydrogen (secondary N) is 2. The highest BCUT2D eigenvalue weighted by Crippen LogP contribution is 2.33. The number of ether oxygens (including phenoxy) is 1. The summed E-state index contributed by atoms with van der Waals surface area (Å²) in [7, 11) is 0. The molecule has 112 valence electrons. The molecule has 1 fully saturated rings. The van der Waals surface area contributed by atoms with E-state index in [9.17, 15) is 4.79 Å². The Hall–Kier alpha value is -1.34. The minimum atomic E-state index is -0.360. The zero-order valence-electron chi connectivity index (χ0n) is 11.2. The van der Waals surface area contributed by atoms with Gasteiger partial charge in [0.25, 0.3) is 5.91 Å². The molecule has 7 heteroatoms. The number of thiophene rings is 1. The molecule has 3 heterocycles. The molecule has 0 unspecified atom stereocenters. The van der Waals surface area contributed by atoms with E-state index in [1.807, 2.05) is 12.1 Å². The molecule has 0 aromatic carbocycles. The molecule has 1 aliphatic rings.